The number of aromatic nitrogens is 3. The summed E-state index contributed by atoms with van der Waals surface area (Å²) in [4.78, 5) is 6.59. The zero-order valence-corrected chi connectivity index (χ0v) is 12.0. The Hall–Kier alpha value is -1.72. The second kappa shape index (κ2) is 5.34. The van der Waals surface area contributed by atoms with Crippen LogP contribution >= 0.6 is 0 Å². The van der Waals surface area contributed by atoms with E-state index in [1.807, 2.05) is 24.0 Å². The van der Waals surface area contributed by atoms with Crippen LogP contribution in [0.25, 0.3) is 11.3 Å². The van der Waals surface area contributed by atoms with Gasteiger partial charge in [0.05, 0.1) is 5.69 Å². The van der Waals surface area contributed by atoms with E-state index in [-0.39, 0.29) is 6.04 Å². The van der Waals surface area contributed by atoms with Gasteiger partial charge in [-0.25, -0.2) is 0 Å². The molecule has 0 aromatic carbocycles. The second-order valence-electron chi connectivity index (χ2n) is 5.75. The van der Waals surface area contributed by atoms with Crippen LogP contribution in [0.5, 0.6) is 0 Å². The van der Waals surface area contributed by atoms with Gasteiger partial charge in [0.15, 0.2) is 0 Å². The van der Waals surface area contributed by atoms with Crippen LogP contribution in [0.2, 0.25) is 0 Å². The first-order chi connectivity index (χ1) is 9.63. The highest BCUT2D eigenvalue weighted by atomic mass is 15.3. The molecule has 3 heterocycles. The van der Waals surface area contributed by atoms with Gasteiger partial charge in [0, 0.05) is 62.4 Å². The fourth-order valence-electron chi connectivity index (χ4n) is 2.86. The monoisotopic (exact) mass is 271 g/mol. The van der Waals surface area contributed by atoms with Crippen molar-refractivity contribution >= 4 is 0 Å². The topological polar surface area (TPSA) is 60.0 Å². The van der Waals surface area contributed by atoms with E-state index in [0.29, 0.717) is 5.92 Å². The number of hydrogen-bond donors (Lipinski definition) is 1. The van der Waals surface area contributed by atoms with E-state index in [9.17, 15) is 0 Å². The third-order valence-corrected chi connectivity index (χ3v) is 3.98. The molecule has 0 bridgehead atoms. The minimum Gasteiger partial charge on any atom is -0.326 e. The van der Waals surface area contributed by atoms with Crippen molar-refractivity contribution in [1.29, 1.82) is 0 Å². The van der Waals surface area contributed by atoms with Gasteiger partial charge in [-0.2, -0.15) is 5.10 Å². The Kier molecular flexibility index (Phi) is 3.54. The Morgan fingerprint density at radius 2 is 2.25 bits per heavy atom. The first-order valence-electron chi connectivity index (χ1n) is 7.04. The van der Waals surface area contributed by atoms with Crippen molar-refractivity contribution in [3.05, 3.63) is 36.3 Å². The molecule has 2 unspecified atom stereocenters. The van der Waals surface area contributed by atoms with Crippen LogP contribution in [0.3, 0.4) is 0 Å². The highest BCUT2D eigenvalue weighted by Gasteiger charge is 2.27. The van der Waals surface area contributed by atoms with E-state index >= 15 is 0 Å². The molecule has 5 nitrogen and oxygen atoms in total. The third kappa shape index (κ3) is 2.59. The molecule has 0 spiro atoms. The van der Waals surface area contributed by atoms with Crippen LogP contribution in [0.15, 0.2) is 30.7 Å². The average molecular weight is 271 g/mol. The van der Waals surface area contributed by atoms with Crippen LogP contribution < -0.4 is 5.73 Å². The molecule has 1 saturated heterocycles. The Morgan fingerprint density at radius 3 is 2.90 bits per heavy atom. The normalized spacial score (nSPS) is 23.4. The quantitative estimate of drug-likeness (QED) is 0.913. The average Bonchev–Trinajstić information content (AvgIpc) is 2.94. The van der Waals surface area contributed by atoms with E-state index in [4.69, 9.17) is 5.73 Å². The van der Waals surface area contributed by atoms with Crippen LogP contribution in [0.1, 0.15) is 12.5 Å². The molecule has 20 heavy (non-hydrogen) atoms. The molecular weight excluding hydrogens is 250 g/mol. The van der Waals surface area contributed by atoms with Crippen LogP contribution in [-0.2, 0) is 13.6 Å². The summed E-state index contributed by atoms with van der Waals surface area (Å²) in [5.74, 6) is 0.563. The van der Waals surface area contributed by atoms with Gasteiger partial charge in [-0.05, 0) is 18.1 Å². The predicted molar refractivity (Wildman–Crippen MR) is 78.9 cm³/mol. The van der Waals surface area contributed by atoms with Crippen molar-refractivity contribution in [3.8, 4) is 11.3 Å². The molecule has 0 radical (unpaired) electrons. The first-order valence-corrected chi connectivity index (χ1v) is 7.04. The predicted octanol–water partition coefficient (Wildman–Crippen LogP) is 1.26. The van der Waals surface area contributed by atoms with Crippen molar-refractivity contribution in [2.24, 2.45) is 18.7 Å². The number of pyridine rings is 1. The summed E-state index contributed by atoms with van der Waals surface area (Å²) in [6, 6.07) is 4.28. The van der Waals surface area contributed by atoms with E-state index in [1.165, 1.54) is 5.56 Å². The lowest BCUT2D eigenvalue weighted by Crippen LogP contribution is -2.28. The molecule has 2 atom stereocenters. The molecule has 0 saturated carbocycles. The Labute approximate surface area is 119 Å². The molecule has 2 aromatic rings. The van der Waals surface area contributed by atoms with E-state index in [2.05, 4.69) is 34.2 Å². The molecule has 1 fully saturated rings. The van der Waals surface area contributed by atoms with Crippen molar-refractivity contribution in [2.45, 2.75) is 19.5 Å². The van der Waals surface area contributed by atoms with Crippen LogP contribution in [0, 0.1) is 5.92 Å². The Balaban J connectivity index is 1.84. The molecule has 1 aliphatic rings. The zero-order chi connectivity index (χ0) is 14.1. The zero-order valence-electron chi connectivity index (χ0n) is 12.0. The van der Waals surface area contributed by atoms with Crippen molar-refractivity contribution in [3.63, 3.8) is 0 Å². The molecule has 0 amide bonds. The van der Waals surface area contributed by atoms with Crippen LogP contribution in [-0.4, -0.2) is 38.8 Å². The summed E-state index contributed by atoms with van der Waals surface area (Å²) in [5, 5.41) is 4.58. The number of hydrogen-bond acceptors (Lipinski definition) is 4. The molecule has 5 heteroatoms. The third-order valence-electron chi connectivity index (χ3n) is 3.98. The second-order valence-corrected chi connectivity index (χ2v) is 5.75. The number of nitrogens with zero attached hydrogens (tertiary/aromatic N) is 4. The summed E-state index contributed by atoms with van der Waals surface area (Å²) in [6.07, 6.45) is 5.74. The maximum absolute atomic E-state index is 6.10. The Morgan fingerprint density at radius 1 is 1.40 bits per heavy atom. The number of nitrogens with two attached hydrogens (primary N) is 1. The standard InChI is InChI=1S/C15H21N5/c1-11-7-20(10-14(11)16)9-13-8-19(2)18-15(13)12-4-3-5-17-6-12/h3-6,8,11,14H,7,9-10,16H2,1-2H3. The number of rotatable bonds is 3. The maximum atomic E-state index is 6.10. The van der Waals surface area contributed by atoms with Gasteiger partial charge in [-0.3, -0.25) is 14.6 Å². The summed E-state index contributed by atoms with van der Waals surface area (Å²) < 4.78 is 1.87. The van der Waals surface area contributed by atoms with E-state index in [1.54, 1.807) is 6.20 Å². The molecular formula is C15H21N5. The van der Waals surface area contributed by atoms with Crippen molar-refractivity contribution in [2.75, 3.05) is 13.1 Å². The molecule has 106 valence electrons. The largest absolute Gasteiger partial charge is 0.326 e. The van der Waals surface area contributed by atoms with Crippen molar-refractivity contribution < 1.29 is 0 Å². The van der Waals surface area contributed by atoms with Gasteiger partial charge >= 0.3 is 0 Å². The van der Waals surface area contributed by atoms with Gasteiger partial charge in [0.2, 0.25) is 0 Å². The van der Waals surface area contributed by atoms with Gasteiger partial charge in [0.25, 0.3) is 0 Å². The minimum absolute atomic E-state index is 0.286. The highest BCUT2D eigenvalue weighted by Crippen LogP contribution is 2.24. The summed E-state index contributed by atoms with van der Waals surface area (Å²) >= 11 is 0. The fraction of sp³-hybridized carbons (Fsp3) is 0.467. The lowest BCUT2D eigenvalue weighted by atomic mass is 10.1. The first kappa shape index (κ1) is 13.3. The molecule has 0 aliphatic carbocycles. The van der Waals surface area contributed by atoms with Gasteiger partial charge in [-0.15, -0.1) is 0 Å². The van der Waals surface area contributed by atoms with Gasteiger partial charge in [0.1, 0.15) is 0 Å². The summed E-state index contributed by atoms with van der Waals surface area (Å²) in [5.41, 5.74) is 9.43. The molecule has 3 rings (SSSR count). The smallest absolute Gasteiger partial charge is 0.0983 e. The van der Waals surface area contributed by atoms with Gasteiger partial charge < -0.3 is 5.73 Å². The number of likely N-dealkylation sites (tertiary alicyclic amines) is 1. The maximum Gasteiger partial charge on any atom is 0.0983 e. The molecule has 2 N–H and O–H groups in total. The van der Waals surface area contributed by atoms with E-state index < -0.39 is 0 Å². The minimum atomic E-state index is 0.286. The molecule has 2 aromatic heterocycles. The SMILES string of the molecule is CC1CN(Cc2cn(C)nc2-c2cccnc2)CC1N. The lowest BCUT2D eigenvalue weighted by molar-refractivity contribution is 0.319. The van der Waals surface area contributed by atoms with Crippen molar-refractivity contribution in [1.82, 2.24) is 19.7 Å². The Bertz CT molecular complexity index is 567. The molecule has 1 aliphatic heterocycles. The summed E-state index contributed by atoms with van der Waals surface area (Å²) in [7, 11) is 1.96. The number of aryl methyl sites for hydroxylation is 1. The van der Waals surface area contributed by atoms with Gasteiger partial charge in [-0.1, -0.05) is 6.92 Å². The highest BCUT2D eigenvalue weighted by molar-refractivity contribution is 5.61. The fourth-order valence-corrected chi connectivity index (χ4v) is 2.86. The van der Waals surface area contributed by atoms with Crippen LogP contribution in [0.4, 0.5) is 0 Å². The lowest BCUT2D eigenvalue weighted by Gasteiger charge is -2.14. The van der Waals surface area contributed by atoms with E-state index in [0.717, 1.165) is 30.9 Å². The summed E-state index contributed by atoms with van der Waals surface area (Å²) in [6.45, 7) is 5.14.